The summed E-state index contributed by atoms with van der Waals surface area (Å²) in [6.07, 6.45) is 3.09. The molecule has 0 N–H and O–H groups in total. The van der Waals surface area contributed by atoms with E-state index in [9.17, 15) is 10.1 Å². The summed E-state index contributed by atoms with van der Waals surface area (Å²) in [5.74, 6) is 0. The van der Waals surface area contributed by atoms with E-state index in [4.69, 9.17) is 10.5 Å². The molecule has 0 saturated heterocycles. The maximum absolute atomic E-state index is 11.0. The Hall–Kier alpha value is -3.70. The predicted octanol–water partition coefficient (Wildman–Crippen LogP) is 4.11. The number of nitro groups is 1. The summed E-state index contributed by atoms with van der Waals surface area (Å²) in [6.45, 7) is 0. The molecule has 0 fully saturated rings. The number of nitrogens with zero attached hydrogens (tertiary/aromatic N) is 3. The van der Waals surface area contributed by atoms with Gasteiger partial charge in [0.15, 0.2) is 0 Å². The van der Waals surface area contributed by atoms with Gasteiger partial charge in [-0.15, -0.1) is 0 Å². The number of nitro benzene ring substituents is 1. The Morgan fingerprint density at radius 3 is 2.22 bits per heavy atom. The lowest BCUT2D eigenvalue weighted by molar-refractivity contribution is -0.385. The topological polar surface area (TPSA) is 90.7 Å². The standard InChI is InChI=1S/C18H11N3O2/c19-12-16(13-20)17(14-6-2-1-3-7-14)11-10-15-8-4-5-9-18(15)21(22)23/h1-11H/b11-10+. The van der Waals surface area contributed by atoms with Gasteiger partial charge in [-0.25, -0.2) is 0 Å². The van der Waals surface area contributed by atoms with Crippen LogP contribution in [0.1, 0.15) is 11.1 Å². The van der Waals surface area contributed by atoms with Crippen LogP contribution >= 0.6 is 0 Å². The number of para-hydroxylation sites is 1. The summed E-state index contributed by atoms with van der Waals surface area (Å²) in [7, 11) is 0. The second-order valence-corrected chi connectivity index (χ2v) is 4.53. The third-order valence-electron chi connectivity index (χ3n) is 3.14. The molecule has 5 nitrogen and oxygen atoms in total. The molecule has 2 aromatic carbocycles. The van der Waals surface area contributed by atoms with Crippen molar-refractivity contribution in [3.05, 3.63) is 87.5 Å². The van der Waals surface area contributed by atoms with Crippen LogP contribution in [0.15, 0.2) is 66.2 Å². The molecule has 0 radical (unpaired) electrons. The Balaban J connectivity index is 2.54. The SMILES string of the molecule is N#CC(C#N)=C(/C=C/c1ccccc1[N+](=O)[O-])c1ccccc1. The van der Waals surface area contributed by atoms with Crippen molar-refractivity contribution in [2.75, 3.05) is 0 Å². The van der Waals surface area contributed by atoms with Gasteiger partial charge in [-0.05, 0) is 17.7 Å². The van der Waals surface area contributed by atoms with Crippen LogP contribution in [0.5, 0.6) is 0 Å². The molecule has 2 rings (SSSR count). The van der Waals surface area contributed by atoms with Crippen LogP contribution in [0.3, 0.4) is 0 Å². The molecule has 2 aromatic rings. The van der Waals surface area contributed by atoms with E-state index in [0.717, 1.165) is 0 Å². The molecule has 0 saturated carbocycles. The number of hydrogen-bond acceptors (Lipinski definition) is 4. The third-order valence-corrected chi connectivity index (χ3v) is 3.14. The van der Waals surface area contributed by atoms with Crippen molar-refractivity contribution in [2.45, 2.75) is 0 Å². The summed E-state index contributed by atoms with van der Waals surface area (Å²) >= 11 is 0. The molecule has 0 bridgehead atoms. The van der Waals surface area contributed by atoms with Crippen LogP contribution in [0.2, 0.25) is 0 Å². The monoisotopic (exact) mass is 301 g/mol. The first-order valence-corrected chi connectivity index (χ1v) is 6.68. The van der Waals surface area contributed by atoms with Crippen LogP contribution in [0, 0.1) is 32.8 Å². The molecule has 0 aliphatic rings. The van der Waals surface area contributed by atoms with E-state index < -0.39 is 4.92 Å². The van der Waals surface area contributed by atoms with Crippen molar-refractivity contribution in [2.24, 2.45) is 0 Å². The van der Waals surface area contributed by atoms with E-state index in [0.29, 0.717) is 16.7 Å². The van der Waals surface area contributed by atoms with E-state index in [2.05, 4.69) is 0 Å². The quantitative estimate of drug-likeness (QED) is 0.368. The van der Waals surface area contributed by atoms with Crippen molar-refractivity contribution in [1.29, 1.82) is 10.5 Å². The normalized spacial score (nSPS) is 9.83. The molecular weight excluding hydrogens is 290 g/mol. The highest BCUT2D eigenvalue weighted by Gasteiger charge is 2.11. The molecular formula is C18H11N3O2. The first kappa shape index (κ1) is 15.7. The van der Waals surface area contributed by atoms with Gasteiger partial charge in [-0.1, -0.05) is 48.5 Å². The minimum absolute atomic E-state index is 0.0355. The predicted molar refractivity (Wildman–Crippen MR) is 86.7 cm³/mol. The summed E-state index contributed by atoms with van der Waals surface area (Å²) in [5.41, 5.74) is 1.44. The van der Waals surface area contributed by atoms with Gasteiger partial charge < -0.3 is 0 Å². The molecule has 0 aromatic heterocycles. The average Bonchev–Trinajstić information content (AvgIpc) is 2.59. The molecule has 0 aliphatic heterocycles. The summed E-state index contributed by atoms with van der Waals surface area (Å²) in [4.78, 5) is 10.6. The maximum Gasteiger partial charge on any atom is 0.276 e. The van der Waals surface area contributed by atoms with Crippen LogP contribution in [0.25, 0.3) is 11.6 Å². The van der Waals surface area contributed by atoms with Crippen molar-refractivity contribution in [1.82, 2.24) is 0 Å². The van der Waals surface area contributed by atoms with E-state index in [-0.39, 0.29) is 11.3 Å². The van der Waals surface area contributed by atoms with Crippen LogP contribution in [0.4, 0.5) is 5.69 Å². The second kappa shape index (κ2) is 7.35. The average molecular weight is 301 g/mol. The second-order valence-electron chi connectivity index (χ2n) is 4.53. The molecule has 5 heteroatoms. The van der Waals surface area contributed by atoms with Gasteiger partial charge in [0.05, 0.1) is 10.5 Å². The van der Waals surface area contributed by atoms with E-state index >= 15 is 0 Å². The lowest BCUT2D eigenvalue weighted by Crippen LogP contribution is -1.91. The van der Waals surface area contributed by atoms with Gasteiger partial charge in [-0.2, -0.15) is 10.5 Å². The van der Waals surface area contributed by atoms with Crippen molar-refractivity contribution in [3.8, 4) is 12.1 Å². The fourth-order valence-corrected chi connectivity index (χ4v) is 2.05. The number of benzene rings is 2. The smallest absolute Gasteiger partial charge is 0.258 e. The van der Waals surface area contributed by atoms with Crippen molar-refractivity contribution >= 4 is 17.3 Å². The van der Waals surface area contributed by atoms with Crippen LogP contribution in [-0.4, -0.2) is 4.92 Å². The number of allylic oxidation sites excluding steroid dienone is 3. The molecule has 0 atom stereocenters. The molecule has 23 heavy (non-hydrogen) atoms. The minimum Gasteiger partial charge on any atom is -0.258 e. The van der Waals surface area contributed by atoms with E-state index in [1.54, 1.807) is 48.5 Å². The van der Waals surface area contributed by atoms with Gasteiger partial charge in [0.25, 0.3) is 5.69 Å². The lowest BCUT2D eigenvalue weighted by atomic mass is 9.99. The molecule has 0 spiro atoms. The Kier molecular flexibility index (Phi) is 5.01. The van der Waals surface area contributed by atoms with E-state index in [1.165, 1.54) is 12.1 Å². The first-order chi connectivity index (χ1) is 11.2. The maximum atomic E-state index is 11.0. The van der Waals surface area contributed by atoms with Gasteiger partial charge in [0.2, 0.25) is 0 Å². The van der Waals surface area contributed by atoms with E-state index in [1.807, 2.05) is 18.2 Å². The van der Waals surface area contributed by atoms with Gasteiger partial charge in [0.1, 0.15) is 17.7 Å². The molecule has 0 amide bonds. The fraction of sp³-hybridized carbons (Fsp3) is 0. The van der Waals surface area contributed by atoms with Crippen molar-refractivity contribution < 1.29 is 4.92 Å². The Bertz CT molecular complexity index is 853. The molecule has 110 valence electrons. The highest BCUT2D eigenvalue weighted by atomic mass is 16.6. The lowest BCUT2D eigenvalue weighted by Gasteiger charge is -2.03. The molecule has 0 aliphatic carbocycles. The number of hydrogen-bond donors (Lipinski definition) is 0. The third kappa shape index (κ3) is 3.69. The zero-order chi connectivity index (χ0) is 16.7. The van der Waals surface area contributed by atoms with Gasteiger partial charge >= 0.3 is 0 Å². The zero-order valence-electron chi connectivity index (χ0n) is 12.0. The Morgan fingerprint density at radius 2 is 1.61 bits per heavy atom. The highest BCUT2D eigenvalue weighted by molar-refractivity contribution is 5.86. The highest BCUT2D eigenvalue weighted by Crippen LogP contribution is 2.24. The summed E-state index contributed by atoms with van der Waals surface area (Å²) < 4.78 is 0. The van der Waals surface area contributed by atoms with Gasteiger partial charge in [-0.3, -0.25) is 10.1 Å². The summed E-state index contributed by atoms with van der Waals surface area (Å²) in [5, 5.41) is 29.3. The largest absolute Gasteiger partial charge is 0.276 e. The molecule has 0 unspecified atom stereocenters. The Morgan fingerprint density at radius 1 is 1.00 bits per heavy atom. The van der Waals surface area contributed by atoms with Crippen LogP contribution in [-0.2, 0) is 0 Å². The Labute approximate surface area is 133 Å². The van der Waals surface area contributed by atoms with Crippen molar-refractivity contribution in [3.63, 3.8) is 0 Å². The minimum atomic E-state index is -0.471. The van der Waals surface area contributed by atoms with Crippen LogP contribution < -0.4 is 0 Å². The summed E-state index contributed by atoms with van der Waals surface area (Å²) in [6, 6.07) is 18.9. The number of nitriles is 2. The zero-order valence-corrected chi connectivity index (χ0v) is 12.0. The fourth-order valence-electron chi connectivity index (χ4n) is 2.05. The van der Waals surface area contributed by atoms with Gasteiger partial charge in [0, 0.05) is 11.6 Å². The number of rotatable bonds is 4. The molecule has 0 heterocycles. The first-order valence-electron chi connectivity index (χ1n) is 6.68.